The van der Waals surface area contributed by atoms with Gasteiger partial charge in [0.1, 0.15) is 4.60 Å². The second-order valence-electron chi connectivity index (χ2n) is 8.30. The van der Waals surface area contributed by atoms with Gasteiger partial charge in [0.05, 0.1) is 18.9 Å². The standard InChI is InChI=1S/C18H26BrClN4O3/c1-11-12(8-17(2,3)23-16(25)26)18(10-27-11)4-6-24(7-5-18)15-14(20)22-13(19)9-21-15/h9,11-12,23H,4-8,10H2,1-3H3,(H,25,26)/t11-,12+/m0/s1. The molecule has 0 saturated carbocycles. The number of nitrogens with zero attached hydrogens (tertiary/aromatic N) is 3. The van der Waals surface area contributed by atoms with Crippen LogP contribution in [0.5, 0.6) is 0 Å². The fourth-order valence-corrected chi connectivity index (χ4v) is 5.16. The van der Waals surface area contributed by atoms with E-state index in [0.717, 1.165) is 39.0 Å². The molecule has 2 aliphatic rings. The number of hydrogen-bond acceptors (Lipinski definition) is 5. The predicted molar refractivity (Wildman–Crippen MR) is 107 cm³/mol. The Bertz CT molecular complexity index is 710. The SMILES string of the molecule is C[C@@H]1OCC2(CCN(c3ncc(Br)nc3Cl)CC2)[C@@H]1CC(C)(C)NC(=O)O. The smallest absolute Gasteiger partial charge is 0.405 e. The van der Waals surface area contributed by atoms with Crippen molar-refractivity contribution in [3.63, 3.8) is 0 Å². The zero-order valence-electron chi connectivity index (χ0n) is 15.8. The van der Waals surface area contributed by atoms with Gasteiger partial charge in [0.15, 0.2) is 11.0 Å². The molecule has 3 rings (SSSR count). The summed E-state index contributed by atoms with van der Waals surface area (Å²) in [6.45, 7) is 8.35. The van der Waals surface area contributed by atoms with Crippen LogP contribution in [0.25, 0.3) is 0 Å². The zero-order valence-corrected chi connectivity index (χ0v) is 18.2. The first-order chi connectivity index (χ1) is 12.6. The van der Waals surface area contributed by atoms with Crippen LogP contribution in [0.15, 0.2) is 10.8 Å². The van der Waals surface area contributed by atoms with Gasteiger partial charge in [-0.15, -0.1) is 0 Å². The van der Waals surface area contributed by atoms with Crippen LogP contribution in [0.3, 0.4) is 0 Å². The van der Waals surface area contributed by atoms with Gasteiger partial charge in [0, 0.05) is 24.0 Å². The number of carboxylic acid groups (broad SMARTS) is 1. The summed E-state index contributed by atoms with van der Waals surface area (Å²) in [7, 11) is 0. The molecule has 7 nitrogen and oxygen atoms in total. The largest absolute Gasteiger partial charge is 0.465 e. The summed E-state index contributed by atoms with van der Waals surface area (Å²) in [5, 5.41) is 12.2. The summed E-state index contributed by atoms with van der Waals surface area (Å²) in [5.41, 5.74) is -0.439. The topological polar surface area (TPSA) is 87.6 Å². The molecule has 0 bridgehead atoms. The Morgan fingerprint density at radius 3 is 2.78 bits per heavy atom. The van der Waals surface area contributed by atoms with Crippen molar-refractivity contribution in [2.24, 2.45) is 11.3 Å². The second-order valence-corrected chi connectivity index (χ2v) is 9.47. The molecule has 1 spiro atoms. The molecule has 1 amide bonds. The van der Waals surface area contributed by atoms with Gasteiger partial charge in [-0.2, -0.15) is 0 Å². The first-order valence-electron chi connectivity index (χ1n) is 9.18. The fraction of sp³-hybridized carbons (Fsp3) is 0.722. The van der Waals surface area contributed by atoms with E-state index in [1.807, 2.05) is 13.8 Å². The third-order valence-corrected chi connectivity index (χ3v) is 6.54. The Morgan fingerprint density at radius 2 is 2.19 bits per heavy atom. The van der Waals surface area contributed by atoms with E-state index in [4.69, 9.17) is 21.4 Å². The maximum absolute atomic E-state index is 11.1. The van der Waals surface area contributed by atoms with Crippen LogP contribution >= 0.6 is 27.5 Å². The van der Waals surface area contributed by atoms with E-state index in [-0.39, 0.29) is 11.5 Å². The lowest BCUT2D eigenvalue weighted by molar-refractivity contribution is 0.0944. The number of ether oxygens (including phenoxy) is 1. The first kappa shape index (κ1) is 20.6. The normalized spacial score (nSPS) is 25.0. The quantitative estimate of drug-likeness (QED) is 0.706. The highest BCUT2D eigenvalue weighted by molar-refractivity contribution is 9.10. The number of carbonyl (C=O) groups is 1. The Morgan fingerprint density at radius 1 is 1.52 bits per heavy atom. The summed E-state index contributed by atoms with van der Waals surface area (Å²) >= 11 is 9.56. The number of halogens is 2. The van der Waals surface area contributed by atoms with Crippen LogP contribution < -0.4 is 10.2 Å². The van der Waals surface area contributed by atoms with Crippen molar-refractivity contribution in [1.82, 2.24) is 15.3 Å². The molecule has 2 N–H and O–H groups in total. The molecule has 2 aliphatic heterocycles. The second kappa shape index (κ2) is 7.72. The molecule has 2 saturated heterocycles. The number of amides is 1. The van der Waals surface area contributed by atoms with E-state index in [0.29, 0.717) is 21.5 Å². The molecule has 0 aliphatic carbocycles. The van der Waals surface area contributed by atoms with Crippen LogP contribution in [0.1, 0.15) is 40.0 Å². The number of nitrogens with one attached hydrogen (secondary N) is 1. The van der Waals surface area contributed by atoms with E-state index in [9.17, 15) is 4.79 Å². The fourth-order valence-electron chi connectivity index (χ4n) is 4.52. The first-order valence-corrected chi connectivity index (χ1v) is 10.3. The van der Waals surface area contributed by atoms with Gasteiger partial charge < -0.3 is 20.1 Å². The highest BCUT2D eigenvalue weighted by Gasteiger charge is 2.51. The number of rotatable bonds is 4. The Balaban J connectivity index is 1.72. The van der Waals surface area contributed by atoms with Gasteiger partial charge in [-0.1, -0.05) is 11.6 Å². The minimum absolute atomic E-state index is 0.0582. The molecule has 0 aromatic carbocycles. The van der Waals surface area contributed by atoms with Crippen LogP contribution in [-0.2, 0) is 4.74 Å². The van der Waals surface area contributed by atoms with Crippen molar-refractivity contribution in [3.05, 3.63) is 16.0 Å². The van der Waals surface area contributed by atoms with Crippen molar-refractivity contribution in [1.29, 1.82) is 0 Å². The third kappa shape index (κ3) is 4.49. The predicted octanol–water partition coefficient (Wildman–Crippen LogP) is 3.95. The summed E-state index contributed by atoms with van der Waals surface area (Å²) in [4.78, 5) is 21.9. The van der Waals surface area contributed by atoms with Gasteiger partial charge in [-0.3, -0.25) is 0 Å². The molecular formula is C18H26BrClN4O3. The van der Waals surface area contributed by atoms with Crippen LogP contribution in [0.2, 0.25) is 5.15 Å². The average Bonchev–Trinajstić information content (AvgIpc) is 2.84. The van der Waals surface area contributed by atoms with Crippen molar-refractivity contribution >= 4 is 39.4 Å². The molecule has 2 atom stereocenters. The molecule has 9 heteroatoms. The van der Waals surface area contributed by atoms with E-state index in [1.54, 1.807) is 6.20 Å². The lowest BCUT2D eigenvalue weighted by atomic mass is 9.65. The number of piperidine rings is 1. The highest BCUT2D eigenvalue weighted by atomic mass is 79.9. The van der Waals surface area contributed by atoms with E-state index >= 15 is 0 Å². The highest BCUT2D eigenvalue weighted by Crippen LogP contribution is 2.50. The van der Waals surface area contributed by atoms with Gasteiger partial charge in [0.25, 0.3) is 0 Å². The molecule has 2 fully saturated rings. The number of aromatic nitrogens is 2. The Labute approximate surface area is 173 Å². The minimum atomic E-state index is -0.987. The van der Waals surface area contributed by atoms with E-state index in [1.165, 1.54) is 0 Å². The van der Waals surface area contributed by atoms with Crippen molar-refractivity contribution in [3.8, 4) is 0 Å². The average molecular weight is 462 g/mol. The monoisotopic (exact) mass is 460 g/mol. The van der Waals surface area contributed by atoms with E-state index < -0.39 is 11.6 Å². The summed E-state index contributed by atoms with van der Waals surface area (Å²) < 4.78 is 6.66. The summed E-state index contributed by atoms with van der Waals surface area (Å²) in [6.07, 6.45) is 3.45. The molecule has 150 valence electrons. The minimum Gasteiger partial charge on any atom is -0.465 e. The van der Waals surface area contributed by atoms with Crippen LogP contribution in [0, 0.1) is 11.3 Å². The summed E-state index contributed by atoms with van der Waals surface area (Å²) in [6, 6.07) is 0. The van der Waals surface area contributed by atoms with Gasteiger partial charge in [-0.05, 0) is 61.9 Å². The molecule has 0 radical (unpaired) electrons. The van der Waals surface area contributed by atoms with Crippen molar-refractivity contribution < 1.29 is 14.6 Å². The number of anilines is 1. The maximum Gasteiger partial charge on any atom is 0.405 e. The molecule has 3 heterocycles. The molecule has 1 aromatic rings. The molecular weight excluding hydrogens is 436 g/mol. The maximum atomic E-state index is 11.1. The van der Waals surface area contributed by atoms with Crippen molar-refractivity contribution in [2.75, 3.05) is 24.6 Å². The van der Waals surface area contributed by atoms with Gasteiger partial charge in [-0.25, -0.2) is 14.8 Å². The molecule has 27 heavy (non-hydrogen) atoms. The van der Waals surface area contributed by atoms with Gasteiger partial charge >= 0.3 is 6.09 Å². The zero-order chi connectivity index (χ0) is 19.8. The third-order valence-electron chi connectivity index (χ3n) is 5.90. The van der Waals surface area contributed by atoms with Crippen molar-refractivity contribution in [2.45, 2.75) is 51.7 Å². The molecule has 1 aromatic heterocycles. The summed E-state index contributed by atoms with van der Waals surface area (Å²) in [5.74, 6) is 1.01. The van der Waals surface area contributed by atoms with Gasteiger partial charge in [0.2, 0.25) is 0 Å². The number of hydrogen-bond donors (Lipinski definition) is 2. The Hall–Kier alpha value is -1.12. The lowest BCUT2D eigenvalue weighted by Crippen LogP contribution is -2.50. The van der Waals surface area contributed by atoms with Crippen LogP contribution in [-0.4, -0.2) is 52.5 Å². The Kier molecular flexibility index (Phi) is 5.89. The lowest BCUT2D eigenvalue weighted by Gasteiger charge is -2.45. The van der Waals surface area contributed by atoms with E-state index in [2.05, 4.69) is 43.0 Å². The molecule has 0 unspecified atom stereocenters. The van der Waals surface area contributed by atoms with Crippen LogP contribution in [0.4, 0.5) is 10.6 Å².